The number of nitrogens with one attached hydrogen (secondary N) is 2. The quantitative estimate of drug-likeness (QED) is 0.899. The van der Waals surface area contributed by atoms with Gasteiger partial charge in [-0.3, -0.25) is 0 Å². The van der Waals surface area contributed by atoms with Crippen molar-refractivity contribution in [3.8, 4) is 0 Å². The minimum Gasteiger partial charge on any atom is -0.338 e. The SMILES string of the molecule is CCNC(=O)N[C@H]1CCc2nnc(Cc3ccccc3)n2C1. The van der Waals surface area contributed by atoms with Gasteiger partial charge in [0.2, 0.25) is 0 Å². The molecule has 6 nitrogen and oxygen atoms in total. The monoisotopic (exact) mass is 299 g/mol. The third-order valence-corrected chi connectivity index (χ3v) is 3.90. The zero-order chi connectivity index (χ0) is 15.4. The van der Waals surface area contributed by atoms with Gasteiger partial charge in [0.15, 0.2) is 0 Å². The van der Waals surface area contributed by atoms with Gasteiger partial charge in [0.1, 0.15) is 11.6 Å². The Labute approximate surface area is 129 Å². The first-order chi connectivity index (χ1) is 10.8. The number of carbonyl (C=O) groups is 1. The molecule has 0 aliphatic carbocycles. The van der Waals surface area contributed by atoms with Crippen LogP contribution >= 0.6 is 0 Å². The van der Waals surface area contributed by atoms with E-state index < -0.39 is 0 Å². The van der Waals surface area contributed by atoms with Gasteiger partial charge in [-0.25, -0.2) is 4.79 Å². The van der Waals surface area contributed by atoms with Crippen molar-refractivity contribution < 1.29 is 4.79 Å². The molecule has 0 unspecified atom stereocenters. The molecule has 1 aliphatic rings. The predicted octanol–water partition coefficient (Wildman–Crippen LogP) is 1.50. The molecule has 1 atom stereocenters. The predicted molar refractivity (Wildman–Crippen MR) is 83.6 cm³/mol. The minimum absolute atomic E-state index is 0.103. The van der Waals surface area contributed by atoms with Crippen LogP contribution in [-0.4, -0.2) is 33.4 Å². The highest BCUT2D eigenvalue weighted by Crippen LogP contribution is 2.17. The molecule has 116 valence electrons. The highest BCUT2D eigenvalue weighted by Gasteiger charge is 2.23. The number of hydrogen-bond acceptors (Lipinski definition) is 3. The summed E-state index contributed by atoms with van der Waals surface area (Å²) in [4.78, 5) is 11.7. The summed E-state index contributed by atoms with van der Waals surface area (Å²) in [7, 11) is 0. The van der Waals surface area contributed by atoms with Gasteiger partial charge in [0.05, 0.1) is 0 Å². The van der Waals surface area contributed by atoms with Crippen LogP contribution in [0.4, 0.5) is 4.79 Å². The maximum Gasteiger partial charge on any atom is 0.315 e. The minimum atomic E-state index is -0.103. The van der Waals surface area contributed by atoms with Crippen LogP contribution in [0.1, 0.15) is 30.6 Å². The van der Waals surface area contributed by atoms with Crippen LogP contribution in [0.5, 0.6) is 0 Å². The molecule has 1 aromatic heterocycles. The standard InChI is InChI=1S/C16H21N5O/c1-2-17-16(22)18-13-8-9-14-19-20-15(21(14)11-13)10-12-6-4-3-5-7-12/h3-7,13H,2,8-11H2,1H3,(H2,17,18,22)/t13-/m0/s1. The number of aryl methyl sites for hydroxylation is 1. The summed E-state index contributed by atoms with van der Waals surface area (Å²) in [5.74, 6) is 1.98. The first kappa shape index (κ1) is 14.6. The number of rotatable bonds is 4. The van der Waals surface area contributed by atoms with Crippen molar-refractivity contribution >= 4 is 6.03 Å². The highest BCUT2D eigenvalue weighted by atomic mass is 16.2. The summed E-state index contributed by atoms with van der Waals surface area (Å²) in [6.45, 7) is 3.29. The lowest BCUT2D eigenvalue weighted by Gasteiger charge is -2.25. The third kappa shape index (κ3) is 3.27. The molecule has 0 bridgehead atoms. The fourth-order valence-corrected chi connectivity index (χ4v) is 2.81. The largest absolute Gasteiger partial charge is 0.338 e. The van der Waals surface area contributed by atoms with E-state index in [1.54, 1.807) is 0 Å². The second-order valence-electron chi connectivity index (χ2n) is 5.54. The molecule has 2 aromatic rings. The second-order valence-corrected chi connectivity index (χ2v) is 5.54. The third-order valence-electron chi connectivity index (χ3n) is 3.90. The Morgan fingerprint density at radius 3 is 2.91 bits per heavy atom. The van der Waals surface area contributed by atoms with E-state index in [1.807, 2.05) is 25.1 Å². The zero-order valence-corrected chi connectivity index (χ0v) is 12.7. The average Bonchev–Trinajstić information content (AvgIpc) is 2.91. The second kappa shape index (κ2) is 6.60. The maximum absolute atomic E-state index is 11.7. The van der Waals surface area contributed by atoms with E-state index in [4.69, 9.17) is 0 Å². The molecule has 6 heteroatoms. The van der Waals surface area contributed by atoms with Crippen LogP contribution in [0.3, 0.4) is 0 Å². The topological polar surface area (TPSA) is 71.8 Å². The number of urea groups is 1. The van der Waals surface area contributed by atoms with Crippen molar-refractivity contribution in [2.45, 2.75) is 38.8 Å². The van der Waals surface area contributed by atoms with Crippen molar-refractivity contribution in [2.24, 2.45) is 0 Å². The Hall–Kier alpha value is -2.37. The fourth-order valence-electron chi connectivity index (χ4n) is 2.81. The molecule has 2 heterocycles. The van der Waals surface area contributed by atoms with Gasteiger partial charge in [-0.05, 0) is 18.9 Å². The normalized spacial score (nSPS) is 16.9. The lowest BCUT2D eigenvalue weighted by Crippen LogP contribution is -2.46. The highest BCUT2D eigenvalue weighted by molar-refractivity contribution is 5.74. The molecule has 0 fully saturated rings. The van der Waals surface area contributed by atoms with Gasteiger partial charge in [-0.15, -0.1) is 10.2 Å². The van der Waals surface area contributed by atoms with Crippen molar-refractivity contribution in [2.75, 3.05) is 6.54 Å². The van der Waals surface area contributed by atoms with E-state index in [0.717, 1.165) is 37.5 Å². The molecule has 0 spiro atoms. The number of aromatic nitrogens is 3. The Morgan fingerprint density at radius 2 is 2.14 bits per heavy atom. The van der Waals surface area contributed by atoms with E-state index in [0.29, 0.717) is 6.54 Å². The van der Waals surface area contributed by atoms with E-state index in [1.165, 1.54) is 5.56 Å². The first-order valence-corrected chi connectivity index (χ1v) is 7.75. The summed E-state index contributed by atoms with van der Waals surface area (Å²) < 4.78 is 2.15. The van der Waals surface area contributed by atoms with Crippen LogP contribution in [0.15, 0.2) is 30.3 Å². The van der Waals surface area contributed by atoms with E-state index in [9.17, 15) is 4.79 Å². The number of amides is 2. The molecular formula is C16H21N5O. The summed E-state index contributed by atoms with van der Waals surface area (Å²) >= 11 is 0. The average molecular weight is 299 g/mol. The first-order valence-electron chi connectivity index (χ1n) is 7.75. The molecule has 2 N–H and O–H groups in total. The van der Waals surface area contributed by atoms with Gasteiger partial charge in [-0.2, -0.15) is 0 Å². The summed E-state index contributed by atoms with van der Waals surface area (Å²) in [5, 5.41) is 14.4. The molecule has 1 aliphatic heterocycles. The number of carbonyl (C=O) groups excluding carboxylic acids is 1. The number of fused-ring (bicyclic) bond motifs is 1. The molecule has 22 heavy (non-hydrogen) atoms. The molecular weight excluding hydrogens is 278 g/mol. The molecule has 2 amide bonds. The molecule has 0 saturated carbocycles. The van der Waals surface area contributed by atoms with E-state index in [-0.39, 0.29) is 12.1 Å². The van der Waals surface area contributed by atoms with Crippen molar-refractivity contribution in [3.05, 3.63) is 47.5 Å². The Morgan fingerprint density at radius 1 is 1.32 bits per heavy atom. The zero-order valence-electron chi connectivity index (χ0n) is 12.7. The molecule has 3 rings (SSSR count). The Balaban J connectivity index is 1.70. The van der Waals surface area contributed by atoms with Gasteiger partial charge in [0.25, 0.3) is 0 Å². The lowest BCUT2D eigenvalue weighted by molar-refractivity contribution is 0.233. The van der Waals surface area contributed by atoms with Crippen LogP contribution in [0.2, 0.25) is 0 Å². The smallest absolute Gasteiger partial charge is 0.315 e. The molecule has 0 saturated heterocycles. The van der Waals surface area contributed by atoms with E-state index in [2.05, 4.69) is 37.5 Å². The van der Waals surface area contributed by atoms with Crippen molar-refractivity contribution in [1.82, 2.24) is 25.4 Å². The van der Waals surface area contributed by atoms with Crippen LogP contribution < -0.4 is 10.6 Å². The molecule has 1 aromatic carbocycles. The number of nitrogens with zero attached hydrogens (tertiary/aromatic N) is 3. The van der Waals surface area contributed by atoms with Crippen LogP contribution in [0.25, 0.3) is 0 Å². The number of benzene rings is 1. The summed E-state index contributed by atoms with van der Waals surface area (Å²) in [6, 6.07) is 10.3. The van der Waals surface area contributed by atoms with Gasteiger partial charge in [-0.1, -0.05) is 30.3 Å². The van der Waals surface area contributed by atoms with Gasteiger partial charge >= 0.3 is 6.03 Å². The lowest BCUT2D eigenvalue weighted by atomic mass is 10.1. The maximum atomic E-state index is 11.7. The Bertz CT molecular complexity index is 637. The summed E-state index contributed by atoms with van der Waals surface area (Å²) in [6.07, 6.45) is 2.52. The molecule has 0 radical (unpaired) electrons. The van der Waals surface area contributed by atoms with E-state index >= 15 is 0 Å². The fraction of sp³-hybridized carbons (Fsp3) is 0.438. The number of hydrogen-bond donors (Lipinski definition) is 2. The van der Waals surface area contributed by atoms with Crippen molar-refractivity contribution in [1.29, 1.82) is 0 Å². The summed E-state index contributed by atoms with van der Waals surface area (Å²) in [5.41, 5.74) is 1.22. The van der Waals surface area contributed by atoms with Gasteiger partial charge in [0, 0.05) is 32.0 Å². The van der Waals surface area contributed by atoms with Gasteiger partial charge < -0.3 is 15.2 Å². The Kier molecular flexibility index (Phi) is 4.37. The van der Waals surface area contributed by atoms with Crippen molar-refractivity contribution in [3.63, 3.8) is 0 Å². The van der Waals surface area contributed by atoms with Crippen LogP contribution in [0, 0.1) is 0 Å². The van der Waals surface area contributed by atoms with Crippen LogP contribution in [-0.2, 0) is 19.4 Å².